The number of hydrogen-bond acceptors (Lipinski definition) is 8. The number of nitrogens with one attached hydrogen (secondary N) is 1. The Morgan fingerprint density at radius 2 is 1.55 bits per heavy atom. The summed E-state index contributed by atoms with van der Waals surface area (Å²) in [4.78, 5) is 31.7. The highest BCUT2D eigenvalue weighted by Gasteiger charge is 2.23. The van der Waals surface area contributed by atoms with Crippen LogP contribution in [-0.2, 0) is 6.54 Å². The van der Waals surface area contributed by atoms with Gasteiger partial charge in [0.25, 0.3) is 5.91 Å². The molecule has 40 heavy (non-hydrogen) atoms. The summed E-state index contributed by atoms with van der Waals surface area (Å²) >= 11 is 13.3. The number of amides is 1. The molecular weight excluding hydrogens is 551 g/mol. The first-order valence-electron chi connectivity index (χ1n) is 13.0. The van der Waals surface area contributed by atoms with Crippen molar-refractivity contribution in [2.24, 2.45) is 0 Å². The van der Waals surface area contributed by atoms with E-state index in [1.165, 1.54) is 20.4 Å². The van der Waals surface area contributed by atoms with E-state index < -0.39 is 0 Å². The average molecular weight is 582 g/mol. The van der Waals surface area contributed by atoms with Crippen LogP contribution in [0.3, 0.4) is 0 Å². The third-order valence-electron chi connectivity index (χ3n) is 7.10. The SMILES string of the molecule is CCN1CCN(Cc2ccc(NC(=O)c3ccc(-c4c(Cl)c(OC)cc(OC)c4Cl)c4nccnc34)nc2)CC1. The smallest absolute Gasteiger partial charge is 0.259 e. The lowest BCUT2D eigenvalue weighted by Crippen LogP contribution is -2.45. The zero-order valence-electron chi connectivity index (χ0n) is 22.6. The van der Waals surface area contributed by atoms with Gasteiger partial charge in [0.05, 0.1) is 35.3 Å². The minimum atomic E-state index is -0.353. The predicted molar refractivity (Wildman–Crippen MR) is 158 cm³/mol. The molecular formula is C29H30Cl2N6O3. The Morgan fingerprint density at radius 3 is 2.15 bits per heavy atom. The van der Waals surface area contributed by atoms with Gasteiger partial charge in [0.1, 0.15) is 22.8 Å². The molecule has 2 aromatic carbocycles. The topological polar surface area (TPSA) is 92.7 Å². The zero-order chi connectivity index (χ0) is 28.2. The van der Waals surface area contributed by atoms with Crippen molar-refractivity contribution in [3.8, 4) is 22.6 Å². The van der Waals surface area contributed by atoms with Gasteiger partial charge in [-0.3, -0.25) is 19.7 Å². The molecule has 2 aromatic heterocycles. The van der Waals surface area contributed by atoms with E-state index in [9.17, 15) is 4.79 Å². The lowest BCUT2D eigenvalue weighted by molar-refractivity contribution is 0.102. The summed E-state index contributed by atoms with van der Waals surface area (Å²) < 4.78 is 10.8. The lowest BCUT2D eigenvalue weighted by Gasteiger charge is -2.33. The Balaban J connectivity index is 1.39. The molecule has 5 rings (SSSR count). The number of nitrogens with zero attached hydrogens (tertiary/aromatic N) is 5. The maximum Gasteiger partial charge on any atom is 0.259 e. The number of halogens is 2. The summed E-state index contributed by atoms with van der Waals surface area (Å²) in [6, 6.07) is 8.85. The summed E-state index contributed by atoms with van der Waals surface area (Å²) in [6.07, 6.45) is 4.89. The van der Waals surface area contributed by atoms with Crippen molar-refractivity contribution in [1.29, 1.82) is 0 Å². The quantitative estimate of drug-likeness (QED) is 0.296. The molecule has 1 amide bonds. The summed E-state index contributed by atoms with van der Waals surface area (Å²) in [7, 11) is 3.02. The van der Waals surface area contributed by atoms with Crippen molar-refractivity contribution in [3.63, 3.8) is 0 Å². The molecule has 0 aliphatic carbocycles. The standard InChI is InChI=1S/C29H30Cl2N6O3/c1-4-36-11-13-37(14-12-36)17-18-5-8-23(34-16-18)35-29(38)20-7-6-19(27-28(20)33-10-9-32-27)24-25(30)21(39-2)15-22(40-3)26(24)31/h5-10,15-16H,4,11-14,17H2,1-3H3,(H,34,35,38). The van der Waals surface area contributed by atoms with Gasteiger partial charge < -0.3 is 19.7 Å². The Bertz CT molecular complexity index is 1500. The first-order valence-corrected chi connectivity index (χ1v) is 13.7. The largest absolute Gasteiger partial charge is 0.495 e. The number of methoxy groups -OCH3 is 2. The van der Waals surface area contributed by atoms with Crippen molar-refractivity contribution >= 4 is 46.0 Å². The van der Waals surface area contributed by atoms with Crippen LogP contribution in [-0.4, -0.2) is 77.6 Å². The number of carbonyl (C=O) groups is 1. The van der Waals surface area contributed by atoms with E-state index in [0.717, 1.165) is 44.8 Å². The molecule has 9 nitrogen and oxygen atoms in total. The van der Waals surface area contributed by atoms with Gasteiger partial charge in [-0.15, -0.1) is 0 Å². The predicted octanol–water partition coefficient (Wildman–Crippen LogP) is 5.41. The third-order valence-corrected chi connectivity index (χ3v) is 7.85. The number of aromatic nitrogens is 3. The van der Waals surface area contributed by atoms with E-state index in [-0.39, 0.29) is 5.91 Å². The van der Waals surface area contributed by atoms with E-state index in [2.05, 4.69) is 37.0 Å². The van der Waals surface area contributed by atoms with E-state index in [0.29, 0.717) is 55.1 Å². The van der Waals surface area contributed by atoms with Crippen molar-refractivity contribution in [2.75, 3.05) is 52.3 Å². The van der Waals surface area contributed by atoms with E-state index in [4.69, 9.17) is 32.7 Å². The number of anilines is 1. The molecule has 1 saturated heterocycles. The van der Waals surface area contributed by atoms with Gasteiger partial charge in [0.2, 0.25) is 0 Å². The first kappa shape index (κ1) is 28.0. The summed E-state index contributed by atoms with van der Waals surface area (Å²) in [6.45, 7) is 8.35. The fraction of sp³-hybridized carbons (Fsp3) is 0.310. The number of piperazine rings is 1. The van der Waals surface area contributed by atoms with Crippen LogP contribution in [0.15, 0.2) is 48.9 Å². The van der Waals surface area contributed by atoms with Crippen LogP contribution < -0.4 is 14.8 Å². The van der Waals surface area contributed by atoms with E-state index >= 15 is 0 Å². The minimum Gasteiger partial charge on any atom is -0.495 e. The van der Waals surface area contributed by atoms with Crippen molar-refractivity contribution in [3.05, 3.63) is 70.1 Å². The second kappa shape index (κ2) is 12.3. The number of benzene rings is 2. The van der Waals surface area contributed by atoms with Gasteiger partial charge in [-0.2, -0.15) is 0 Å². The van der Waals surface area contributed by atoms with Crippen LogP contribution in [0.1, 0.15) is 22.8 Å². The molecule has 1 N–H and O–H groups in total. The summed E-state index contributed by atoms with van der Waals surface area (Å²) in [5, 5.41) is 3.48. The Kier molecular flexibility index (Phi) is 8.66. The molecule has 0 atom stereocenters. The van der Waals surface area contributed by atoms with Gasteiger partial charge in [-0.05, 0) is 24.2 Å². The monoisotopic (exact) mass is 580 g/mol. The Morgan fingerprint density at radius 1 is 0.900 bits per heavy atom. The molecule has 0 unspecified atom stereocenters. The molecule has 1 fully saturated rings. The Hall–Kier alpha value is -3.50. The summed E-state index contributed by atoms with van der Waals surface area (Å²) in [5.74, 6) is 0.895. The highest BCUT2D eigenvalue weighted by Crippen LogP contribution is 2.47. The molecule has 0 bridgehead atoms. The molecule has 4 aromatic rings. The molecule has 0 spiro atoms. The van der Waals surface area contributed by atoms with Crippen LogP contribution in [0.4, 0.5) is 5.82 Å². The average Bonchev–Trinajstić information content (AvgIpc) is 2.98. The van der Waals surface area contributed by atoms with E-state index in [1.807, 2.05) is 18.3 Å². The molecule has 11 heteroatoms. The van der Waals surface area contributed by atoms with Crippen LogP contribution in [0.2, 0.25) is 10.0 Å². The number of ether oxygens (including phenoxy) is 2. The van der Waals surface area contributed by atoms with Crippen molar-refractivity contribution < 1.29 is 14.3 Å². The van der Waals surface area contributed by atoms with Crippen LogP contribution in [0, 0.1) is 0 Å². The van der Waals surface area contributed by atoms with Gasteiger partial charge in [-0.1, -0.05) is 42.3 Å². The number of rotatable bonds is 8. The Labute approximate surface area is 243 Å². The lowest BCUT2D eigenvalue weighted by atomic mass is 9.99. The molecule has 1 aliphatic heterocycles. The highest BCUT2D eigenvalue weighted by atomic mass is 35.5. The molecule has 0 saturated carbocycles. The maximum absolute atomic E-state index is 13.3. The van der Waals surface area contributed by atoms with E-state index in [1.54, 1.807) is 24.4 Å². The molecule has 0 radical (unpaired) electrons. The van der Waals surface area contributed by atoms with Gasteiger partial charge >= 0.3 is 0 Å². The highest BCUT2D eigenvalue weighted by molar-refractivity contribution is 6.41. The second-order valence-corrected chi connectivity index (χ2v) is 10.2. The third kappa shape index (κ3) is 5.69. The fourth-order valence-electron chi connectivity index (χ4n) is 4.86. The molecule has 1 aliphatic rings. The minimum absolute atomic E-state index is 0.300. The van der Waals surface area contributed by atoms with Crippen LogP contribution >= 0.6 is 23.2 Å². The van der Waals surface area contributed by atoms with Crippen LogP contribution in [0.25, 0.3) is 22.2 Å². The normalized spacial score (nSPS) is 14.3. The first-order chi connectivity index (χ1) is 19.4. The van der Waals surface area contributed by atoms with Gasteiger partial charge in [-0.25, -0.2) is 4.98 Å². The van der Waals surface area contributed by atoms with Crippen molar-refractivity contribution in [2.45, 2.75) is 13.5 Å². The molecule has 3 heterocycles. The molecule has 208 valence electrons. The zero-order valence-corrected chi connectivity index (χ0v) is 24.1. The van der Waals surface area contributed by atoms with Gasteiger partial charge in [0.15, 0.2) is 0 Å². The van der Waals surface area contributed by atoms with Crippen molar-refractivity contribution in [1.82, 2.24) is 24.8 Å². The number of carbonyl (C=O) groups excluding carboxylic acids is 1. The second-order valence-electron chi connectivity index (χ2n) is 9.41. The number of likely N-dealkylation sites (N-methyl/N-ethyl adjacent to an activating group) is 1. The van der Waals surface area contributed by atoms with Crippen LogP contribution in [0.5, 0.6) is 11.5 Å². The number of fused-ring (bicyclic) bond motifs is 1. The summed E-state index contributed by atoms with van der Waals surface area (Å²) in [5.41, 5.74) is 3.37. The fourth-order valence-corrected chi connectivity index (χ4v) is 5.57. The van der Waals surface area contributed by atoms with Gasteiger partial charge in [0, 0.05) is 68.5 Å². The number of pyridine rings is 1. The number of hydrogen-bond donors (Lipinski definition) is 1. The maximum atomic E-state index is 13.3.